The second kappa shape index (κ2) is 3.03. The van der Waals surface area contributed by atoms with Crippen LogP contribution in [0.2, 0.25) is 0 Å². The number of rotatable bonds is 0. The van der Waals surface area contributed by atoms with Gasteiger partial charge in [0.2, 0.25) is 0 Å². The number of hydrogen-bond donors (Lipinski definition) is 1. The number of aryl methyl sites for hydroxylation is 2. The number of H-pyrrole nitrogens is 1. The third-order valence-electron chi connectivity index (χ3n) is 1.28. The summed E-state index contributed by atoms with van der Waals surface area (Å²) in [5.41, 5.74) is 1.62. The third-order valence-corrected chi connectivity index (χ3v) is 1.28. The molecule has 0 aliphatic carbocycles. The van der Waals surface area contributed by atoms with Crippen molar-refractivity contribution in [3.05, 3.63) is 17.6 Å². The molecule has 11 heavy (non-hydrogen) atoms. The molecule has 1 radical (unpaired) electrons. The molecule has 55 valence electrons. The topological polar surface area (TPSA) is 46.0 Å². The van der Waals surface area contributed by atoms with Crippen molar-refractivity contribution in [3.63, 3.8) is 0 Å². The van der Waals surface area contributed by atoms with Crippen LogP contribution in [0.5, 0.6) is 0 Å². The van der Waals surface area contributed by atoms with E-state index >= 15 is 0 Å². The molecule has 2 aromatic heterocycles. The van der Waals surface area contributed by atoms with Gasteiger partial charge in [0.25, 0.3) is 0 Å². The van der Waals surface area contributed by atoms with Crippen LogP contribution in [0.15, 0.2) is 0 Å². The maximum Gasteiger partial charge on any atom is 0.118 e. The number of aromatic amines is 1. The van der Waals surface area contributed by atoms with E-state index in [1.54, 1.807) is 4.63 Å². The molecule has 4 nitrogen and oxygen atoms in total. The number of hydrogen-bond acceptors (Lipinski definition) is 2. The molecule has 0 aromatic carbocycles. The maximum absolute atomic E-state index is 4.12. The largest absolute Gasteiger partial charge is 0.399 e. The number of fused-ring (bicyclic) bond motifs is 1. The molecule has 0 spiro atoms. The van der Waals surface area contributed by atoms with E-state index in [0.717, 1.165) is 17.2 Å². The summed E-state index contributed by atoms with van der Waals surface area (Å²) in [6.45, 7) is 3.77. The molecule has 0 saturated carbocycles. The maximum atomic E-state index is 4.12. The van der Waals surface area contributed by atoms with Crippen LogP contribution in [0, 0.1) is 19.9 Å². The van der Waals surface area contributed by atoms with Gasteiger partial charge in [-0.2, -0.15) is 9.73 Å². The first-order valence-corrected chi connectivity index (χ1v) is 3.07. The summed E-state index contributed by atoms with van der Waals surface area (Å²) < 4.78 is 1.62. The minimum atomic E-state index is 0. The summed E-state index contributed by atoms with van der Waals surface area (Å²) in [4.78, 5) is 4.12. The molecule has 0 fully saturated rings. The number of nitrogens with zero attached hydrogens (tertiary/aromatic N) is 3. The fraction of sp³-hybridized carbons (Fsp3) is 0.333. The van der Waals surface area contributed by atoms with Crippen molar-refractivity contribution in [1.29, 1.82) is 0 Å². The zero-order chi connectivity index (χ0) is 7.14. The molecule has 2 aromatic rings. The van der Waals surface area contributed by atoms with Crippen LogP contribution in [0.1, 0.15) is 11.5 Å². The van der Waals surface area contributed by atoms with Crippen molar-refractivity contribution in [2.24, 2.45) is 0 Å². The van der Waals surface area contributed by atoms with Gasteiger partial charge in [0.15, 0.2) is 0 Å². The molecule has 0 bridgehead atoms. The average Bonchev–Trinajstić information content (AvgIpc) is 2.21. The van der Waals surface area contributed by atoms with Gasteiger partial charge in [-0.05, 0) is 12.6 Å². The van der Waals surface area contributed by atoms with Gasteiger partial charge >= 0.3 is 0 Å². The molecule has 1 N–H and O–H groups in total. The first-order valence-electron chi connectivity index (χ1n) is 3.07. The minimum absolute atomic E-state index is 0. The van der Waals surface area contributed by atoms with E-state index in [2.05, 4.69) is 21.2 Å². The number of aromatic nitrogens is 4. The Kier molecular flexibility index (Phi) is 2.45. The van der Waals surface area contributed by atoms with Crippen molar-refractivity contribution in [1.82, 2.24) is 19.8 Å². The normalized spacial score (nSPS) is 10.0. The van der Waals surface area contributed by atoms with Crippen LogP contribution in [-0.4, -0.2) is 19.8 Å². The van der Waals surface area contributed by atoms with E-state index in [1.165, 1.54) is 0 Å². The zero-order valence-corrected chi connectivity index (χ0v) is 9.26. The van der Waals surface area contributed by atoms with Gasteiger partial charge in [0.05, 0.1) is 0 Å². The van der Waals surface area contributed by atoms with Crippen LogP contribution < -0.4 is 0 Å². The van der Waals surface area contributed by atoms with Gasteiger partial charge < -0.3 is 6.07 Å². The Hall–Kier alpha value is -0.216. The van der Waals surface area contributed by atoms with Crippen molar-refractivity contribution in [2.75, 3.05) is 0 Å². The molecule has 0 unspecified atom stereocenters. The first-order chi connectivity index (χ1) is 4.75. The molecule has 0 aliphatic heterocycles. The van der Waals surface area contributed by atoms with Crippen LogP contribution in [0.25, 0.3) is 5.65 Å². The quantitative estimate of drug-likeness (QED) is 0.661. The Morgan fingerprint density at radius 2 is 2.18 bits per heavy atom. The van der Waals surface area contributed by atoms with Crippen molar-refractivity contribution in [3.8, 4) is 0 Å². The van der Waals surface area contributed by atoms with Gasteiger partial charge in [-0.15, -0.1) is 5.69 Å². The van der Waals surface area contributed by atoms with Crippen LogP contribution in [0.3, 0.4) is 0 Å². The summed E-state index contributed by atoms with van der Waals surface area (Å²) in [5, 5.41) is 7.02. The number of nitrogens with one attached hydrogen (secondary N) is 1. The Labute approximate surface area is 89.2 Å². The predicted molar refractivity (Wildman–Crippen MR) is 35.6 cm³/mol. The smallest absolute Gasteiger partial charge is 0.118 e. The van der Waals surface area contributed by atoms with Gasteiger partial charge in [0.1, 0.15) is 5.82 Å². The van der Waals surface area contributed by atoms with Crippen molar-refractivity contribution < 1.29 is 32.7 Å². The SMILES string of the molecule is Cc1[c-]c2nc(C)[nH]n2n1.[Y]. The Morgan fingerprint density at radius 1 is 1.45 bits per heavy atom. The molecule has 0 atom stereocenters. The second-order valence-electron chi connectivity index (χ2n) is 2.25. The summed E-state index contributed by atoms with van der Waals surface area (Å²) in [6, 6.07) is 2.99. The Balaban J connectivity index is 0.000000605. The van der Waals surface area contributed by atoms with Crippen LogP contribution in [-0.2, 0) is 32.7 Å². The van der Waals surface area contributed by atoms with E-state index < -0.39 is 0 Å². The molecule has 0 amide bonds. The van der Waals surface area contributed by atoms with E-state index in [1.807, 2.05) is 13.8 Å². The molecule has 0 aliphatic rings. The van der Waals surface area contributed by atoms with Crippen LogP contribution >= 0.6 is 0 Å². The van der Waals surface area contributed by atoms with Gasteiger partial charge in [-0.25, -0.2) is 0 Å². The van der Waals surface area contributed by atoms with Gasteiger partial charge in [-0.1, -0.05) is 6.92 Å². The van der Waals surface area contributed by atoms with E-state index in [4.69, 9.17) is 0 Å². The minimum Gasteiger partial charge on any atom is -0.399 e. The fourth-order valence-electron chi connectivity index (χ4n) is 0.927. The van der Waals surface area contributed by atoms with E-state index in [0.29, 0.717) is 0 Å². The summed E-state index contributed by atoms with van der Waals surface area (Å²) in [5.74, 6) is 0.860. The third kappa shape index (κ3) is 1.51. The van der Waals surface area contributed by atoms with Gasteiger partial charge in [0, 0.05) is 32.7 Å². The van der Waals surface area contributed by atoms with Gasteiger partial charge in [-0.3, -0.25) is 10.1 Å². The molecular weight excluding hydrogens is 217 g/mol. The molecule has 2 heterocycles. The Bertz CT molecular complexity index is 298. The summed E-state index contributed by atoms with van der Waals surface area (Å²) >= 11 is 0. The molecular formula is C6H7N4Y-. The molecule has 5 heteroatoms. The predicted octanol–water partition coefficient (Wildman–Crippen LogP) is 0.472. The van der Waals surface area contributed by atoms with E-state index in [9.17, 15) is 0 Å². The van der Waals surface area contributed by atoms with Crippen molar-refractivity contribution in [2.45, 2.75) is 13.8 Å². The average molecular weight is 224 g/mol. The molecule has 0 saturated heterocycles. The second-order valence-corrected chi connectivity index (χ2v) is 2.25. The zero-order valence-electron chi connectivity index (χ0n) is 6.42. The fourth-order valence-corrected chi connectivity index (χ4v) is 0.927. The van der Waals surface area contributed by atoms with E-state index in [-0.39, 0.29) is 32.7 Å². The Morgan fingerprint density at radius 3 is 2.82 bits per heavy atom. The first kappa shape index (κ1) is 8.88. The standard InChI is InChI=1S/C6H7N4.Y/c1-4-3-6-7-5(2)9-10(6)8-4;/h1-2H3,(H,7,9);/q-1;. The summed E-state index contributed by atoms with van der Waals surface area (Å²) in [6.07, 6.45) is 0. The van der Waals surface area contributed by atoms with Crippen LogP contribution in [0.4, 0.5) is 0 Å². The molecule has 2 rings (SSSR count). The monoisotopic (exact) mass is 224 g/mol. The van der Waals surface area contributed by atoms with Crippen molar-refractivity contribution >= 4 is 5.65 Å². The summed E-state index contributed by atoms with van der Waals surface area (Å²) in [7, 11) is 0.